The molecule has 0 bridgehead atoms. The fourth-order valence-corrected chi connectivity index (χ4v) is 4.53. The largest absolute Gasteiger partial charge is 0.331 e. The predicted molar refractivity (Wildman–Crippen MR) is 118 cm³/mol. The lowest BCUT2D eigenvalue weighted by molar-refractivity contribution is 0.0728. The second-order valence-electron chi connectivity index (χ2n) is 7.70. The van der Waals surface area contributed by atoms with Gasteiger partial charge in [0.2, 0.25) is 0 Å². The van der Waals surface area contributed by atoms with Crippen LogP contribution in [0.2, 0.25) is 0 Å². The van der Waals surface area contributed by atoms with E-state index in [1.54, 1.807) is 35.2 Å². The van der Waals surface area contributed by atoms with Crippen molar-refractivity contribution in [1.82, 2.24) is 4.90 Å². The average molecular weight is 439 g/mol. The first-order valence-corrected chi connectivity index (χ1v) is 11.6. The van der Waals surface area contributed by atoms with Gasteiger partial charge in [0.1, 0.15) is 5.82 Å². The Morgan fingerprint density at radius 2 is 1.65 bits per heavy atom. The van der Waals surface area contributed by atoms with E-state index in [0.717, 1.165) is 18.4 Å². The summed E-state index contributed by atoms with van der Waals surface area (Å²) in [4.78, 5) is 14.8. The zero-order valence-electron chi connectivity index (χ0n) is 17.1. The molecule has 0 saturated heterocycles. The van der Waals surface area contributed by atoms with Crippen LogP contribution < -0.4 is 4.72 Å². The molecule has 1 fully saturated rings. The number of hydrogen-bond donors (Lipinski definition) is 1. The Labute approximate surface area is 181 Å². The molecule has 31 heavy (non-hydrogen) atoms. The number of nitrogens with one attached hydrogen (secondary N) is 1. The maximum atomic E-state index is 14.1. The number of amides is 1. The Bertz CT molecular complexity index is 1210. The summed E-state index contributed by atoms with van der Waals surface area (Å²) < 4.78 is 42.1. The van der Waals surface area contributed by atoms with Crippen LogP contribution in [0.3, 0.4) is 0 Å². The third kappa shape index (κ3) is 4.77. The Kier molecular flexibility index (Phi) is 5.78. The highest BCUT2D eigenvalue weighted by Crippen LogP contribution is 2.30. The summed E-state index contributed by atoms with van der Waals surface area (Å²) in [6, 6.07) is 19.5. The molecule has 7 heteroatoms. The summed E-state index contributed by atoms with van der Waals surface area (Å²) >= 11 is 0. The van der Waals surface area contributed by atoms with Gasteiger partial charge in [-0.1, -0.05) is 36.4 Å². The van der Waals surface area contributed by atoms with E-state index >= 15 is 0 Å². The van der Waals surface area contributed by atoms with E-state index in [-0.39, 0.29) is 29.2 Å². The molecule has 1 saturated carbocycles. The number of halogens is 1. The van der Waals surface area contributed by atoms with Crippen molar-refractivity contribution in [2.75, 3.05) is 4.72 Å². The highest BCUT2D eigenvalue weighted by molar-refractivity contribution is 7.92. The second-order valence-corrected chi connectivity index (χ2v) is 9.38. The lowest BCUT2D eigenvalue weighted by Crippen LogP contribution is -2.33. The summed E-state index contributed by atoms with van der Waals surface area (Å²) in [5, 5.41) is 0. The third-order valence-electron chi connectivity index (χ3n) is 5.35. The predicted octanol–water partition coefficient (Wildman–Crippen LogP) is 4.74. The number of sulfonamides is 1. The zero-order chi connectivity index (χ0) is 22.0. The molecule has 0 atom stereocenters. The van der Waals surface area contributed by atoms with Crippen LogP contribution in [-0.4, -0.2) is 25.3 Å². The quantitative estimate of drug-likeness (QED) is 0.579. The minimum absolute atomic E-state index is 0.0689. The van der Waals surface area contributed by atoms with Crippen molar-refractivity contribution in [3.8, 4) is 0 Å². The zero-order valence-corrected chi connectivity index (χ0v) is 17.9. The number of aryl methyl sites for hydroxylation is 1. The van der Waals surface area contributed by atoms with Gasteiger partial charge in [-0.2, -0.15) is 0 Å². The molecular formula is C24H23FN2O3S. The van der Waals surface area contributed by atoms with Gasteiger partial charge in [0, 0.05) is 23.7 Å². The number of carbonyl (C=O) groups excluding carboxylic acids is 1. The number of nitrogens with zero attached hydrogens (tertiary/aromatic N) is 1. The van der Waals surface area contributed by atoms with Gasteiger partial charge in [0.05, 0.1) is 10.6 Å². The topological polar surface area (TPSA) is 66.5 Å². The minimum atomic E-state index is -3.78. The number of hydrogen-bond acceptors (Lipinski definition) is 3. The summed E-state index contributed by atoms with van der Waals surface area (Å²) in [5.74, 6) is -0.578. The molecule has 1 N–H and O–H groups in total. The van der Waals surface area contributed by atoms with Crippen LogP contribution >= 0.6 is 0 Å². The summed E-state index contributed by atoms with van der Waals surface area (Å²) in [6.07, 6.45) is 1.76. The fourth-order valence-electron chi connectivity index (χ4n) is 3.40. The smallest absolute Gasteiger partial charge is 0.261 e. The molecule has 0 aromatic heterocycles. The molecule has 0 spiro atoms. The van der Waals surface area contributed by atoms with Gasteiger partial charge in [-0.15, -0.1) is 0 Å². The Hall–Kier alpha value is -3.19. The minimum Gasteiger partial charge on any atom is -0.331 e. The Morgan fingerprint density at radius 1 is 1.00 bits per heavy atom. The first-order valence-electron chi connectivity index (χ1n) is 10.1. The van der Waals surface area contributed by atoms with Crippen LogP contribution in [0.5, 0.6) is 0 Å². The summed E-state index contributed by atoms with van der Waals surface area (Å²) in [6.45, 7) is 2.01. The SMILES string of the molecule is Cc1ccccc1NS(=O)(=O)c1ccc(C(=O)N(Cc2ccccc2F)C2CC2)cc1. The molecule has 3 aromatic rings. The Morgan fingerprint density at radius 3 is 2.29 bits per heavy atom. The van der Waals surface area contributed by atoms with Crippen molar-refractivity contribution >= 4 is 21.6 Å². The second kappa shape index (κ2) is 8.51. The first kappa shape index (κ1) is 21.1. The van der Waals surface area contributed by atoms with Crippen molar-refractivity contribution in [3.05, 3.63) is 95.3 Å². The van der Waals surface area contributed by atoms with Gasteiger partial charge in [0.15, 0.2) is 0 Å². The van der Waals surface area contributed by atoms with Gasteiger partial charge >= 0.3 is 0 Å². The molecule has 0 heterocycles. The molecule has 0 unspecified atom stereocenters. The molecule has 0 aliphatic heterocycles. The molecule has 1 aliphatic rings. The number of carbonyl (C=O) groups is 1. The average Bonchev–Trinajstić information content (AvgIpc) is 3.60. The van der Waals surface area contributed by atoms with Crippen LogP contribution in [0.1, 0.15) is 34.3 Å². The number of rotatable bonds is 7. The van der Waals surface area contributed by atoms with Gasteiger partial charge in [-0.05, 0) is 61.7 Å². The monoisotopic (exact) mass is 438 g/mol. The van der Waals surface area contributed by atoms with Gasteiger partial charge < -0.3 is 4.90 Å². The van der Waals surface area contributed by atoms with Crippen LogP contribution in [0, 0.1) is 12.7 Å². The van der Waals surface area contributed by atoms with E-state index in [0.29, 0.717) is 16.8 Å². The molecule has 0 radical (unpaired) electrons. The standard InChI is InChI=1S/C24H23FN2O3S/c1-17-6-2-5-9-23(17)26-31(29,30)21-14-10-18(11-15-21)24(28)27(20-12-13-20)16-19-7-3-4-8-22(19)25/h2-11,14-15,20,26H,12-13,16H2,1H3. The summed E-state index contributed by atoms with van der Waals surface area (Å²) in [7, 11) is -3.78. The highest BCUT2D eigenvalue weighted by atomic mass is 32.2. The van der Waals surface area contributed by atoms with Gasteiger partial charge in [-0.3, -0.25) is 9.52 Å². The molecular weight excluding hydrogens is 415 g/mol. The highest BCUT2D eigenvalue weighted by Gasteiger charge is 2.33. The van der Waals surface area contributed by atoms with Crippen LogP contribution in [0.15, 0.2) is 77.7 Å². The molecule has 4 rings (SSSR count). The Balaban J connectivity index is 1.53. The van der Waals surface area contributed by atoms with Gasteiger partial charge in [0.25, 0.3) is 15.9 Å². The molecule has 160 valence electrons. The van der Waals surface area contributed by atoms with Crippen molar-refractivity contribution in [2.24, 2.45) is 0 Å². The van der Waals surface area contributed by atoms with E-state index in [9.17, 15) is 17.6 Å². The third-order valence-corrected chi connectivity index (χ3v) is 6.73. The van der Waals surface area contributed by atoms with E-state index < -0.39 is 10.0 Å². The molecule has 1 aliphatic carbocycles. The summed E-state index contributed by atoms with van der Waals surface area (Å²) in [5.41, 5.74) is 2.15. The number of benzene rings is 3. The van der Waals surface area contributed by atoms with E-state index in [1.165, 1.54) is 30.3 Å². The first-order chi connectivity index (χ1) is 14.8. The maximum Gasteiger partial charge on any atom is 0.261 e. The van der Waals surface area contributed by atoms with Crippen molar-refractivity contribution in [1.29, 1.82) is 0 Å². The molecule has 1 amide bonds. The van der Waals surface area contributed by atoms with Gasteiger partial charge in [-0.25, -0.2) is 12.8 Å². The maximum absolute atomic E-state index is 14.1. The van der Waals surface area contributed by atoms with E-state index in [1.807, 2.05) is 19.1 Å². The van der Waals surface area contributed by atoms with Crippen LogP contribution in [0.25, 0.3) is 0 Å². The fraction of sp³-hybridized carbons (Fsp3) is 0.208. The van der Waals surface area contributed by atoms with E-state index in [4.69, 9.17) is 0 Å². The number of para-hydroxylation sites is 1. The van der Waals surface area contributed by atoms with Crippen LogP contribution in [-0.2, 0) is 16.6 Å². The lowest BCUT2D eigenvalue weighted by Gasteiger charge is -2.23. The lowest BCUT2D eigenvalue weighted by atomic mass is 10.1. The molecule has 3 aromatic carbocycles. The van der Waals surface area contributed by atoms with Crippen LogP contribution in [0.4, 0.5) is 10.1 Å². The van der Waals surface area contributed by atoms with E-state index in [2.05, 4.69) is 4.72 Å². The van der Waals surface area contributed by atoms with Crippen molar-refractivity contribution in [2.45, 2.75) is 37.2 Å². The number of anilines is 1. The normalized spacial score (nSPS) is 13.6. The van der Waals surface area contributed by atoms with Crippen molar-refractivity contribution < 1.29 is 17.6 Å². The van der Waals surface area contributed by atoms with Crippen molar-refractivity contribution in [3.63, 3.8) is 0 Å². The molecule has 5 nitrogen and oxygen atoms in total.